The average Bonchev–Trinajstić information content (AvgIpc) is 2.94. The average molecular weight is 332 g/mol. The third-order valence-electron chi connectivity index (χ3n) is 3.37. The molecule has 0 aliphatic rings. The molecule has 0 unspecified atom stereocenters. The zero-order valence-electron chi connectivity index (χ0n) is 14.1. The van der Waals surface area contributed by atoms with Gasteiger partial charge in [-0.2, -0.15) is 0 Å². The molecule has 0 fully saturated rings. The minimum Gasteiger partial charge on any atom is -0.463 e. The molecule has 1 heterocycles. The third kappa shape index (κ3) is 5.57. The molecule has 2 rings (SSSR count). The van der Waals surface area contributed by atoms with Crippen LogP contribution >= 0.6 is 0 Å². The fraction of sp³-hybridized carbons (Fsp3) is 0.471. The Balaban J connectivity index is 1.60. The first-order chi connectivity index (χ1) is 11.6. The molecule has 0 radical (unpaired) electrons. The largest absolute Gasteiger partial charge is 0.463 e. The Morgan fingerprint density at radius 1 is 1.21 bits per heavy atom. The standard InChI is InChI=1S/C17H24N4O3/c1-13(2)24-16(22)8-10-19-17(23)18-9-5-11-21-12-20-14-6-3-4-7-15(14)21/h3-4,6-7,12-13H,5,8-11H2,1-2H3,(H2,18,19,23). The molecule has 2 amide bonds. The third-order valence-corrected chi connectivity index (χ3v) is 3.37. The van der Waals surface area contributed by atoms with Crippen molar-refractivity contribution in [1.29, 1.82) is 0 Å². The number of hydrogen-bond donors (Lipinski definition) is 2. The molecular weight excluding hydrogens is 308 g/mol. The molecule has 130 valence electrons. The van der Waals surface area contributed by atoms with Crippen molar-refractivity contribution < 1.29 is 14.3 Å². The molecule has 0 saturated carbocycles. The summed E-state index contributed by atoms with van der Waals surface area (Å²) in [7, 11) is 0. The van der Waals surface area contributed by atoms with Gasteiger partial charge in [-0.25, -0.2) is 9.78 Å². The molecule has 2 aromatic rings. The maximum atomic E-state index is 11.6. The lowest BCUT2D eigenvalue weighted by molar-refractivity contribution is -0.147. The van der Waals surface area contributed by atoms with Gasteiger partial charge in [-0.05, 0) is 32.4 Å². The number of hydrogen-bond acceptors (Lipinski definition) is 4. The summed E-state index contributed by atoms with van der Waals surface area (Å²) in [6, 6.07) is 7.67. The molecule has 7 nitrogen and oxygen atoms in total. The van der Waals surface area contributed by atoms with Gasteiger partial charge in [0.15, 0.2) is 0 Å². The quantitative estimate of drug-likeness (QED) is 0.572. The van der Waals surface area contributed by atoms with Gasteiger partial charge in [0.2, 0.25) is 0 Å². The molecule has 0 bridgehead atoms. The van der Waals surface area contributed by atoms with Crippen LogP contribution in [0.5, 0.6) is 0 Å². The number of para-hydroxylation sites is 2. The Hall–Kier alpha value is -2.57. The lowest BCUT2D eigenvalue weighted by atomic mass is 10.3. The van der Waals surface area contributed by atoms with Crippen molar-refractivity contribution >= 4 is 23.0 Å². The van der Waals surface area contributed by atoms with Gasteiger partial charge in [-0.3, -0.25) is 4.79 Å². The lowest BCUT2D eigenvalue weighted by Gasteiger charge is -2.09. The number of rotatable bonds is 8. The fourth-order valence-corrected chi connectivity index (χ4v) is 2.30. The van der Waals surface area contributed by atoms with E-state index in [1.54, 1.807) is 13.8 Å². The van der Waals surface area contributed by atoms with Crippen molar-refractivity contribution in [2.24, 2.45) is 0 Å². The monoisotopic (exact) mass is 332 g/mol. The number of carbonyl (C=O) groups is 2. The van der Waals surface area contributed by atoms with Crippen LogP contribution < -0.4 is 10.6 Å². The van der Waals surface area contributed by atoms with E-state index in [0.717, 1.165) is 24.0 Å². The van der Waals surface area contributed by atoms with E-state index >= 15 is 0 Å². The van der Waals surface area contributed by atoms with Crippen LogP contribution in [0.2, 0.25) is 0 Å². The smallest absolute Gasteiger partial charge is 0.314 e. The first-order valence-electron chi connectivity index (χ1n) is 8.17. The van der Waals surface area contributed by atoms with E-state index in [1.807, 2.05) is 30.6 Å². The second kappa shape index (κ2) is 8.90. The summed E-state index contributed by atoms with van der Waals surface area (Å²) in [6.45, 7) is 5.18. The number of nitrogens with zero attached hydrogens (tertiary/aromatic N) is 2. The minimum atomic E-state index is -0.308. The molecule has 0 saturated heterocycles. The topological polar surface area (TPSA) is 85.2 Å². The van der Waals surface area contributed by atoms with Crippen molar-refractivity contribution in [2.45, 2.75) is 39.3 Å². The molecule has 1 aromatic heterocycles. The van der Waals surface area contributed by atoms with Gasteiger partial charge in [0, 0.05) is 19.6 Å². The Kier molecular flexibility index (Phi) is 6.60. The van der Waals surface area contributed by atoms with Crippen molar-refractivity contribution in [3.63, 3.8) is 0 Å². The molecule has 2 N–H and O–H groups in total. The molecule has 0 aliphatic carbocycles. The van der Waals surface area contributed by atoms with E-state index in [9.17, 15) is 9.59 Å². The normalized spacial score (nSPS) is 10.8. The summed E-state index contributed by atoms with van der Waals surface area (Å²) in [6.07, 6.45) is 2.64. The highest BCUT2D eigenvalue weighted by Crippen LogP contribution is 2.11. The van der Waals surface area contributed by atoms with Gasteiger partial charge in [-0.1, -0.05) is 12.1 Å². The Morgan fingerprint density at radius 3 is 2.75 bits per heavy atom. The second-order valence-corrected chi connectivity index (χ2v) is 5.75. The van der Waals surface area contributed by atoms with Crippen LogP contribution in [0.25, 0.3) is 11.0 Å². The predicted molar refractivity (Wildman–Crippen MR) is 91.6 cm³/mol. The summed E-state index contributed by atoms with van der Waals surface area (Å²) in [5.41, 5.74) is 2.06. The highest BCUT2D eigenvalue weighted by Gasteiger charge is 2.06. The highest BCUT2D eigenvalue weighted by molar-refractivity contribution is 5.75. The van der Waals surface area contributed by atoms with E-state index in [1.165, 1.54) is 0 Å². The van der Waals surface area contributed by atoms with E-state index in [0.29, 0.717) is 6.54 Å². The number of amides is 2. The van der Waals surface area contributed by atoms with Crippen molar-refractivity contribution in [2.75, 3.05) is 13.1 Å². The molecule has 0 spiro atoms. The number of aromatic nitrogens is 2. The van der Waals surface area contributed by atoms with Crippen molar-refractivity contribution in [3.05, 3.63) is 30.6 Å². The predicted octanol–water partition coefficient (Wildman–Crippen LogP) is 2.07. The van der Waals surface area contributed by atoms with Crippen LogP contribution in [0, 0.1) is 0 Å². The fourth-order valence-electron chi connectivity index (χ4n) is 2.30. The Morgan fingerprint density at radius 2 is 1.96 bits per heavy atom. The zero-order chi connectivity index (χ0) is 17.4. The van der Waals surface area contributed by atoms with E-state index in [2.05, 4.69) is 20.2 Å². The minimum absolute atomic E-state index is 0.134. The van der Waals surface area contributed by atoms with Crippen LogP contribution in [0.1, 0.15) is 26.7 Å². The first-order valence-corrected chi connectivity index (χ1v) is 8.17. The van der Waals surface area contributed by atoms with Crippen molar-refractivity contribution in [1.82, 2.24) is 20.2 Å². The molecular formula is C17H24N4O3. The molecule has 7 heteroatoms. The maximum Gasteiger partial charge on any atom is 0.314 e. The maximum absolute atomic E-state index is 11.6. The summed E-state index contributed by atoms with van der Waals surface area (Å²) < 4.78 is 7.05. The number of imidazole rings is 1. The molecule has 1 aromatic carbocycles. The number of fused-ring (bicyclic) bond motifs is 1. The van der Waals surface area contributed by atoms with Gasteiger partial charge < -0.3 is 19.9 Å². The number of benzene rings is 1. The van der Waals surface area contributed by atoms with Gasteiger partial charge >= 0.3 is 12.0 Å². The number of aryl methyl sites for hydroxylation is 1. The van der Waals surface area contributed by atoms with Crippen LogP contribution in [-0.2, 0) is 16.1 Å². The zero-order valence-corrected chi connectivity index (χ0v) is 14.1. The van der Waals surface area contributed by atoms with Crippen molar-refractivity contribution in [3.8, 4) is 0 Å². The lowest BCUT2D eigenvalue weighted by Crippen LogP contribution is -2.37. The van der Waals surface area contributed by atoms with Gasteiger partial charge in [0.25, 0.3) is 0 Å². The Labute approximate surface area is 141 Å². The molecule has 24 heavy (non-hydrogen) atoms. The second-order valence-electron chi connectivity index (χ2n) is 5.75. The van der Waals surface area contributed by atoms with Crippen LogP contribution in [0.4, 0.5) is 4.79 Å². The highest BCUT2D eigenvalue weighted by atomic mass is 16.5. The Bertz CT molecular complexity index is 681. The van der Waals surface area contributed by atoms with E-state index < -0.39 is 0 Å². The van der Waals surface area contributed by atoms with Crippen LogP contribution in [0.3, 0.4) is 0 Å². The molecule has 0 atom stereocenters. The van der Waals surface area contributed by atoms with E-state index in [-0.39, 0.29) is 31.1 Å². The summed E-state index contributed by atoms with van der Waals surface area (Å²) in [5, 5.41) is 5.41. The first kappa shape index (κ1) is 17.8. The number of ether oxygens (including phenoxy) is 1. The summed E-state index contributed by atoms with van der Waals surface area (Å²) in [5.74, 6) is -0.308. The van der Waals surface area contributed by atoms with Gasteiger partial charge in [0.1, 0.15) is 0 Å². The summed E-state index contributed by atoms with van der Waals surface area (Å²) >= 11 is 0. The van der Waals surface area contributed by atoms with E-state index in [4.69, 9.17) is 4.74 Å². The SMILES string of the molecule is CC(C)OC(=O)CCNC(=O)NCCCn1cnc2ccccc21. The number of nitrogens with one attached hydrogen (secondary N) is 2. The number of urea groups is 1. The van der Waals surface area contributed by atoms with Gasteiger partial charge in [0.05, 0.1) is 29.9 Å². The van der Waals surface area contributed by atoms with Gasteiger partial charge in [-0.15, -0.1) is 0 Å². The summed E-state index contributed by atoms with van der Waals surface area (Å²) in [4.78, 5) is 27.3. The van der Waals surface area contributed by atoms with Crippen LogP contribution in [0.15, 0.2) is 30.6 Å². The van der Waals surface area contributed by atoms with Crippen LogP contribution in [-0.4, -0.2) is 40.7 Å². The molecule has 0 aliphatic heterocycles. The number of carbonyl (C=O) groups excluding carboxylic acids is 2. The number of esters is 1.